The van der Waals surface area contributed by atoms with Crippen LogP contribution in [0.4, 0.5) is 10.1 Å². The lowest BCUT2D eigenvalue weighted by Gasteiger charge is -2.35. The Bertz CT molecular complexity index is 985. The van der Waals surface area contributed by atoms with Gasteiger partial charge in [-0.05, 0) is 56.5 Å². The number of carbonyl (C=O) groups is 1. The highest BCUT2D eigenvalue weighted by Gasteiger charge is 2.29. The van der Waals surface area contributed by atoms with Gasteiger partial charge in [0, 0.05) is 19.1 Å². The van der Waals surface area contributed by atoms with E-state index in [4.69, 9.17) is 0 Å². The van der Waals surface area contributed by atoms with Crippen LogP contribution < -0.4 is 9.62 Å². The van der Waals surface area contributed by atoms with Crippen LogP contribution in [0.3, 0.4) is 0 Å². The number of rotatable bonds is 10. The van der Waals surface area contributed by atoms with Crippen molar-refractivity contribution in [2.75, 3.05) is 30.5 Å². The fourth-order valence-electron chi connectivity index (χ4n) is 4.19. The predicted octanol–water partition coefficient (Wildman–Crippen LogP) is 3.79. The second-order valence-electron chi connectivity index (χ2n) is 8.07. The lowest BCUT2D eigenvalue weighted by Crippen LogP contribution is -2.43. The Labute approximate surface area is 190 Å². The van der Waals surface area contributed by atoms with Gasteiger partial charge in [-0.25, -0.2) is 12.8 Å². The SMILES string of the molecule is CCC1CCCCN1CCCNC(=O)CN(c1ccccc1F)S(=O)(=O)c1ccccc1. The minimum atomic E-state index is -4.11. The van der Waals surface area contributed by atoms with Gasteiger partial charge in [-0.3, -0.25) is 9.10 Å². The van der Waals surface area contributed by atoms with E-state index in [-0.39, 0.29) is 10.6 Å². The molecule has 8 heteroatoms. The van der Waals surface area contributed by atoms with Gasteiger partial charge in [0.1, 0.15) is 12.4 Å². The van der Waals surface area contributed by atoms with Gasteiger partial charge in [-0.1, -0.05) is 43.7 Å². The van der Waals surface area contributed by atoms with Gasteiger partial charge in [-0.2, -0.15) is 0 Å². The fraction of sp³-hybridized carbons (Fsp3) is 0.458. The number of nitrogens with zero attached hydrogens (tertiary/aromatic N) is 2. The Balaban J connectivity index is 1.65. The van der Waals surface area contributed by atoms with Crippen LogP contribution in [0, 0.1) is 5.82 Å². The van der Waals surface area contributed by atoms with Crippen molar-refractivity contribution in [3.05, 3.63) is 60.4 Å². The van der Waals surface area contributed by atoms with Gasteiger partial charge in [0.25, 0.3) is 10.0 Å². The Kier molecular flexibility index (Phi) is 8.64. The number of para-hydroxylation sites is 1. The number of nitrogens with one attached hydrogen (secondary N) is 1. The first-order chi connectivity index (χ1) is 15.4. The normalized spacial score (nSPS) is 17.1. The molecule has 1 atom stereocenters. The van der Waals surface area contributed by atoms with Crippen molar-refractivity contribution >= 4 is 21.6 Å². The molecule has 2 aromatic carbocycles. The molecule has 0 aliphatic carbocycles. The van der Waals surface area contributed by atoms with Crippen LogP contribution in [-0.4, -0.2) is 51.4 Å². The largest absolute Gasteiger partial charge is 0.354 e. The zero-order valence-electron chi connectivity index (χ0n) is 18.5. The van der Waals surface area contributed by atoms with Gasteiger partial charge < -0.3 is 10.2 Å². The minimum absolute atomic E-state index is 0.00626. The first kappa shape index (κ1) is 24.2. The van der Waals surface area contributed by atoms with Crippen molar-refractivity contribution in [3.63, 3.8) is 0 Å². The number of hydrogen-bond acceptors (Lipinski definition) is 4. The summed E-state index contributed by atoms with van der Waals surface area (Å²) in [4.78, 5) is 15.1. The third-order valence-electron chi connectivity index (χ3n) is 5.90. The van der Waals surface area contributed by atoms with E-state index in [2.05, 4.69) is 17.1 Å². The van der Waals surface area contributed by atoms with E-state index in [1.807, 2.05) is 0 Å². The molecular formula is C24H32FN3O3S. The number of carbonyl (C=O) groups excluding carboxylic acids is 1. The van der Waals surface area contributed by atoms with Crippen LogP contribution in [-0.2, 0) is 14.8 Å². The van der Waals surface area contributed by atoms with Gasteiger partial charge in [-0.15, -0.1) is 0 Å². The molecule has 0 bridgehead atoms. The zero-order chi connectivity index (χ0) is 23.0. The molecule has 1 saturated heterocycles. The number of hydrogen-bond donors (Lipinski definition) is 1. The summed E-state index contributed by atoms with van der Waals surface area (Å²) >= 11 is 0. The molecule has 3 rings (SSSR count). The second kappa shape index (κ2) is 11.4. The maximum Gasteiger partial charge on any atom is 0.264 e. The summed E-state index contributed by atoms with van der Waals surface area (Å²) in [7, 11) is -4.11. The number of amides is 1. The number of halogens is 1. The van der Waals surface area contributed by atoms with Crippen LogP contribution in [0.2, 0.25) is 0 Å². The third-order valence-corrected chi connectivity index (χ3v) is 7.68. The summed E-state index contributed by atoms with van der Waals surface area (Å²) in [6.45, 7) is 4.15. The molecule has 1 amide bonds. The number of likely N-dealkylation sites (tertiary alicyclic amines) is 1. The van der Waals surface area contributed by atoms with Gasteiger partial charge in [0.05, 0.1) is 10.6 Å². The van der Waals surface area contributed by atoms with E-state index in [0.717, 1.165) is 30.2 Å². The monoisotopic (exact) mass is 461 g/mol. The maximum atomic E-state index is 14.5. The molecule has 32 heavy (non-hydrogen) atoms. The second-order valence-corrected chi connectivity index (χ2v) is 9.94. The van der Waals surface area contributed by atoms with Gasteiger partial charge in [0.2, 0.25) is 5.91 Å². The standard InChI is InChI=1S/C24H32FN3O3S/c1-2-20-11-8-9-17-27(20)18-10-16-26-24(29)19-28(23-15-7-6-14-22(23)25)32(30,31)21-12-4-3-5-13-21/h3-7,12-15,20H,2,8-11,16-19H2,1H3,(H,26,29). The maximum absolute atomic E-state index is 14.5. The van der Waals surface area contributed by atoms with Crippen LogP contribution in [0.15, 0.2) is 59.5 Å². The van der Waals surface area contributed by atoms with Crippen molar-refractivity contribution in [1.82, 2.24) is 10.2 Å². The number of benzene rings is 2. The smallest absolute Gasteiger partial charge is 0.264 e. The quantitative estimate of drug-likeness (QED) is 0.547. The fourth-order valence-corrected chi connectivity index (χ4v) is 5.64. The minimum Gasteiger partial charge on any atom is -0.354 e. The molecule has 1 aliphatic heterocycles. The van der Waals surface area contributed by atoms with E-state index < -0.39 is 28.3 Å². The number of sulfonamides is 1. The Morgan fingerprint density at radius 3 is 2.56 bits per heavy atom. The number of anilines is 1. The Morgan fingerprint density at radius 2 is 1.84 bits per heavy atom. The third kappa shape index (κ3) is 6.07. The van der Waals surface area contributed by atoms with E-state index in [1.54, 1.807) is 24.3 Å². The first-order valence-electron chi connectivity index (χ1n) is 11.3. The van der Waals surface area contributed by atoms with Crippen molar-refractivity contribution in [2.45, 2.75) is 50.0 Å². The highest BCUT2D eigenvalue weighted by Crippen LogP contribution is 2.26. The molecule has 1 heterocycles. The van der Waals surface area contributed by atoms with Crippen molar-refractivity contribution < 1.29 is 17.6 Å². The van der Waals surface area contributed by atoms with Crippen molar-refractivity contribution in [1.29, 1.82) is 0 Å². The highest BCUT2D eigenvalue weighted by atomic mass is 32.2. The first-order valence-corrected chi connectivity index (χ1v) is 12.7. The molecule has 6 nitrogen and oxygen atoms in total. The van der Waals surface area contributed by atoms with E-state index in [9.17, 15) is 17.6 Å². The molecule has 1 unspecified atom stereocenters. The molecule has 0 saturated carbocycles. The molecule has 1 aliphatic rings. The molecule has 0 radical (unpaired) electrons. The molecule has 174 valence electrons. The van der Waals surface area contributed by atoms with E-state index in [1.165, 1.54) is 49.6 Å². The average Bonchev–Trinajstić information content (AvgIpc) is 2.81. The van der Waals surface area contributed by atoms with Crippen molar-refractivity contribution in [3.8, 4) is 0 Å². The highest BCUT2D eigenvalue weighted by molar-refractivity contribution is 7.92. The average molecular weight is 462 g/mol. The summed E-state index contributed by atoms with van der Waals surface area (Å²) in [6.07, 6.45) is 5.61. The van der Waals surface area contributed by atoms with E-state index >= 15 is 0 Å². The van der Waals surface area contributed by atoms with Crippen LogP contribution in [0.5, 0.6) is 0 Å². The summed E-state index contributed by atoms with van der Waals surface area (Å²) in [5, 5.41) is 2.80. The molecule has 1 N–H and O–H groups in total. The summed E-state index contributed by atoms with van der Waals surface area (Å²) in [5.41, 5.74) is -0.148. The summed E-state index contributed by atoms with van der Waals surface area (Å²) < 4.78 is 41.7. The van der Waals surface area contributed by atoms with Gasteiger partial charge in [0.15, 0.2) is 0 Å². The number of piperidine rings is 1. The van der Waals surface area contributed by atoms with Crippen LogP contribution in [0.25, 0.3) is 0 Å². The summed E-state index contributed by atoms with van der Waals surface area (Å²) in [6, 6.07) is 13.9. The predicted molar refractivity (Wildman–Crippen MR) is 125 cm³/mol. The topological polar surface area (TPSA) is 69.7 Å². The lowest BCUT2D eigenvalue weighted by molar-refractivity contribution is -0.119. The summed E-state index contributed by atoms with van der Waals surface area (Å²) in [5.74, 6) is -1.16. The van der Waals surface area contributed by atoms with Crippen LogP contribution >= 0.6 is 0 Å². The molecule has 2 aromatic rings. The molecule has 1 fully saturated rings. The van der Waals surface area contributed by atoms with Gasteiger partial charge >= 0.3 is 0 Å². The molecular weight excluding hydrogens is 429 g/mol. The van der Waals surface area contributed by atoms with Crippen molar-refractivity contribution in [2.24, 2.45) is 0 Å². The zero-order valence-corrected chi connectivity index (χ0v) is 19.4. The Hall–Kier alpha value is -2.45. The van der Waals surface area contributed by atoms with E-state index in [0.29, 0.717) is 12.6 Å². The molecule has 0 aromatic heterocycles. The lowest BCUT2D eigenvalue weighted by atomic mass is 10.00. The van der Waals surface area contributed by atoms with Crippen LogP contribution in [0.1, 0.15) is 39.0 Å². The Morgan fingerprint density at radius 1 is 1.12 bits per heavy atom. The molecule has 0 spiro atoms.